The molecule has 21 heavy (non-hydrogen) atoms. The molecule has 1 unspecified atom stereocenters. The van der Waals surface area contributed by atoms with E-state index in [1.165, 1.54) is 0 Å². The molecule has 1 atom stereocenters. The van der Waals surface area contributed by atoms with Gasteiger partial charge in [-0.25, -0.2) is 4.98 Å². The van der Waals surface area contributed by atoms with Gasteiger partial charge in [-0.1, -0.05) is 11.8 Å². The minimum atomic E-state index is -0.922. The molecule has 0 bridgehead atoms. The van der Waals surface area contributed by atoms with Gasteiger partial charge in [-0.3, -0.25) is 9.20 Å². The molecule has 0 aliphatic carbocycles. The van der Waals surface area contributed by atoms with Crippen LogP contribution in [0, 0.1) is 3.57 Å². The van der Waals surface area contributed by atoms with Crippen molar-refractivity contribution in [3.05, 3.63) is 44.6 Å². The summed E-state index contributed by atoms with van der Waals surface area (Å²) in [5.41, 5.74) is 1.63. The normalized spacial score (nSPS) is 18.8. The highest BCUT2D eigenvalue weighted by molar-refractivity contribution is 14.1. The summed E-state index contributed by atoms with van der Waals surface area (Å²) in [4.78, 5) is 18.1. The molecule has 0 spiro atoms. The Morgan fingerprint density at radius 1 is 1.48 bits per heavy atom. The van der Waals surface area contributed by atoms with Crippen molar-refractivity contribution in [1.82, 2.24) is 14.3 Å². The van der Waals surface area contributed by atoms with Crippen LogP contribution < -0.4 is 0 Å². The highest BCUT2D eigenvalue weighted by atomic mass is 127. The number of hydrogen-bond acceptors (Lipinski definition) is 5. The molecule has 1 aliphatic heterocycles. The molecule has 3 rings (SSSR count). The average Bonchev–Trinajstić information content (AvgIpc) is 2.98. The number of halogens is 1. The molecule has 0 radical (unpaired) electrons. The van der Waals surface area contributed by atoms with Gasteiger partial charge >= 0.3 is 0 Å². The van der Waals surface area contributed by atoms with E-state index in [2.05, 4.69) is 27.6 Å². The summed E-state index contributed by atoms with van der Waals surface area (Å²) in [6.45, 7) is 2.33. The fourth-order valence-electron chi connectivity index (χ4n) is 2.30. The lowest BCUT2D eigenvalue weighted by atomic mass is 10.3. The molecule has 0 saturated carbocycles. The number of fused-ring (bicyclic) bond motifs is 1. The number of carbonyl (C=O) groups is 1. The molecule has 1 aliphatic rings. The smallest absolute Gasteiger partial charge is 0.294 e. The van der Waals surface area contributed by atoms with Gasteiger partial charge in [-0.2, -0.15) is 0 Å². The molecule has 8 heteroatoms. The summed E-state index contributed by atoms with van der Waals surface area (Å²) in [5.74, 6) is -1.29. The first kappa shape index (κ1) is 14.5. The number of aromatic nitrogens is 2. The van der Waals surface area contributed by atoms with E-state index < -0.39 is 5.95 Å². The van der Waals surface area contributed by atoms with Crippen molar-refractivity contribution in [2.24, 2.45) is 0 Å². The minimum Gasteiger partial charge on any atom is -0.480 e. The van der Waals surface area contributed by atoms with Crippen molar-refractivity contribution in [3.8, 4) is 0 Å². The number of pyridine rings is 1. The van der Waals surface area contributed by atoms with Crippen molar-refractivity contribution < 1.29 is 15.0 Å². The highest BCUT2D eigenvalue weighted by Crippen LogP contribution is 2.45. The molecule has 1 saturated heterocycles. The van der Waals surface area contributed by atoms with Gasteiger partial charge in [0, 0.05) is 16.3 Å². The summed E-state index contributed by atoms with van der Waals surface area (Å²) in [6.07, 6.45) is 3.66. The first-order valence-electron chi connectivity index (χ1n) is 6.25. The van der Waals surface area contributed by atoms with E-state index in [-0.39, 0.29) is 16.2 Å². The number of likely N-dealkylation sites (N-methyl/N-ethyl adjacent to an activating group) is 1. The fraction of sp³-hybridized carbons (Fsp3) is 0.231. The maximum absolute atomic E-state index is 12.2. The molecule has 110 valence electrons. The number of thioether (sulfide) groups is 1. The van der Waals surface area contributed by atoms with Gasteiger partial charge in [0.2, 0.25) is 0 Å². The van der Waals surface area contributed by atoms with Crippen LogP contribution in [-0.4, -0.2) is 36.9 Å². The van der Waals surface area contributed by atoms with Crippen LogP contribution in [0.3, 0.4) is 0 Å². The number of imidazole rings is 1. The molecular formula is C13H12IN3O3S. The van der Waals surface area contributed by atoms with Gasteiger partial charge in [0.25, 0.3) is 11.9 Å². The zero-order chi connectivity index (χ0) is 15.1. The van der Waals surface area contributed by atoms with Gasteiger partial charge in [0.1, 0.15) is 11.0 Å². The van der Waals surface area contributed by atoms with Crippen molar-refractivity contribution in [1.29, 1.82) is 0 Å². The second-order valence-electron chi connectivity index (χ2n) is 4.47. The number of nitrogens with zero attached hydrogens (tertiary/aromatic N) is 3. The lowest BCUT2D eigenvalue weighted by Crippen LogP contribution is -2.28. The largest absolute Gasteiger partial charge is 0.480 e. The monoisotopic (exact) mass is 417 g/mol. The lowest BCUT2D eigenvalue weighted by Gasteiger charge is -2.21. The third-order valence-corrected chi connectivity index (χ3v) is 5.21. The number of rotatable bonds is 2. The quantitative estimate of drug-likeness (QED) is 0.447. The van der Waals surface area contributed by atoms with Crippen molar-refractivity contribution in [3.63, 3.8) is 0 Å². The number of amides is 1. The maximum Gasteiger partial charge on any atom is 0.294 e. The maximum atomic E-state index is 12.2. The van der Waals surface area contributed by atoms with E-state index in [1.54, 1.807) is 11.1 Å². The van der Waals surface area contributed by atoms with Gasteiger partial charge in [-0.05, 0) is 41.6 Å². The first-order chi connectivity index (χ1) is 10.0. The van der Waals surface area contributed by atoms with E-state index >= 15 is 0 Å². The number of carbonyl (C=O) groups excluding carboxylic acids is 1. The van der Waals surface area contributed by atoms with E-state index in [0.717, 1.165) is 26.7 Å². The fourth-order valence-corrected chi connectivity index (χ4v) is 3.97. The SMILES string of the molecule is CCN1C(=O)C(=C(O)O)SC1c1cnc2ccc(I)cn12. The van der Waals surface area contributed by atoms with Crippen LogP contribution in [0.5, 0.6) is 0 Å². The van der Waals surface area contributed by atoms with Crippen molar-refractivity contribution >= 4 is 45.9 Å². The Bertz CT molecular complexity index is 754. The lowest BCUT2D eigenvalue weighted by molar-refractivity contribution is -0.126. The minimum absolute atomic E-state index is 0.0255. The summed E-state index contributed by atoms with van der Waals surface area (Å²) in [7, 11) is 0. The Labute approximate surface area is 138 Å². The Morgan fingerprint density at radius 2 is 2.24 bits per heavy atom. The van der Waals surface area contributed by atoms with Crippen LogP contribution in [0.2, 0.25) is 0 Å². The Hall–Kier alpha value is -1.42. The molecular weight excluding hydrogens is 405 g/mol. The van der Waals surface area contributed by atoms with E-state index in [1.807, 2.05) is 29.7 Å². The Kier molecular flexibility index (Phi) is 3.74. The highest BCUT2D eigenvalue weighted by Gasteiger charge is 2.40. The molecule has 2 N–H and O–H groups in total. The number of hydrogen-bond donors (Lipinski definition) is 2. The van der Waals surface area contributed by atoms with Crippen LogP contribution in [0.15, 0.2) is 35.4 Å². The van der Waals surface area contributed by atoms with E-state index in [0.29, 0.717) is 6.54 Å². The molecule has 6 nitrogen and oxygen atoms in total. The summed E-state index contributed by atoms with van der Waals surface area (Å²) >= 11 is 3.34. The van der Waals surface area contributed by atoms with Crippen LogP contribution in [-0.2, 0) is 4.79 Å². The standard InChI is InChI=1S/C13H12IN3O3S/c1-2-16-11(18)10(13(19)20)21-12(16)8-5-15-9-4-3-7(14)6-17(8)9/h3-6,12,19-20H,2H2,1H3. The molecule has 1 fully saturated rings. The third-order valence-electron chi connectivity index (χ3n) is 3.26. The number of aliphatic hydroxyl groups excluding tert-OH is 1. The predicted octanol–water partition coefficient (Wildman–Crippen LogP) is 2.82. The summed E-state index contributed by atoms with van der Waals surface area (Å²) < 4.78 is 2.98. The second kappa shape index (κ2) is 5.41. The van der Waals surface area contributed by atoms with Crippen LogP contribution in [0.25, 0.3) is 5.65 Å². The van der Waals surface area contributed by atoms with Crippen molar-refractivity contribution in [2.75, 3.05) is 6.54 Å². The molecule has 2 aromatic heterocycles. The summed E-state index contributed by atoms with van der Waals surface area (Å²) in [6, 6.07) is 3.87. The van der Waals surface area contributed by atoms with Gasteiger partial charge in [0.15, 0.2) is 4.91 Å². The van der Waals surface area contributed by atoms with E-state index in [9.17, 15) is 15.0 Å². The zero-order valence-electron chi connectivity index (χ0n) is 11.0. The zero-order valence-corrected chi connectivity index (χ0v) is 14.0. The van der Waals surface area contributed by atoms with Gasteiger partial charge in [0.05, 0.1) is 11.9 Å². The van der Waals surface area contributed by atoms with Crippen LogP contribution in [0.4, 0.5) is 0 Å². The van der Waals surface area contributed by atoms with Crippen LogP contribution in [0.1, 0.15) is 18.0 Å². The summed E-state index contributed by atoms with van der Waals surface area (Å²) in [5, 5.41) is 18.2. The first-order valence-corrected chi connectivity index (χ1v) is 8.21. The van der Waals surface area contributed by atoms with Gasteiger partial charge in [-0.15, -0.1) is 0 Å². The number of aliphatic hydroxyl groups is 2. The Morgan fingerprint density at radius 3 is 2.90 bits per heavy atom. The Balaban J connectivity index is 2.11. The van der Waals surface area contributed by atoms with Crippen LogP contribution >= 0.6 is 34.4 Å². The van der Waals surface area contributed by atoms with Gasteiger partial charge < -0.3 is 15.1 Å². The molecule has 1 amide bonds. The average molecular weight is 417 g/mol. The topological polar surface area (TPSA) is 78.1 Å². The molecule has 2 aromatic rings. The van der Waals surface area contributed by atoms with Crippen molar-refractivity contribution in [2.45, 2.75) is 12.3 Å². The third kappa shape index (κ3) is 2.35. The predicted molar refractivity (Wildman–Crippen MR) is 87.9 cm³/mol. The molecule has 0 aromatic carbocycles. The van der Waals surface area contributed by atoms with E-state index in [4.69, 9.17) is 0 Å². The second-order valence-corrected chi connectivity index (χ2v) is 6.81. The molecule has 3 heterocycles.